The van der Waals surface area contributed by atoms with E-state index in [4.69, 9.17) is 14.9 Å². The Kier molecular flexibility index (Phi) is 5.01. The van der Waals surface area contributed by atoms with Crippen molar-refractivity contribution in [2.75, 3.05) is 0 Å². The highest BCUT2D eigenvalue weighted by Gasteiger charge is 2.18. The van der Waals surface area contributed by atoms with Gasteiger partial charge in [-0.3, -0.25) is 4.52 Å². The molecule has 0 aromatic rings. The smallest absolute Gasteiger partial charge is 0.469 e. The van der Waals surface area contributed by atoms with Crippen LogP contribution in [0.15, 0.2) is 11.6 Å². The first-order valence-electron chi connectivity index (χ1n) is 3.86. The third kappa shape index (κ3) is 6.80. The van der Waals surface area contributed by atoms with Gasteiger partial charge < -0.3 is 14.9 Å². The van der Waals surface area contributed by atoms with Crippen molar-refractivity contribution >= 4 is 13.8 Å². The van der Waals surface area contributed by atoms with Crippen LogP contribution < -0.4 is 0 Å². The topological polar surface area (TPSA) is 104 Å². The predicted molar refractivity (Wildman–Crippen MR) is 48.6 cm³/mol. The van der Waals surface area contributed by atoms with Gasteiger partial charge in [0.1, 0.15) is 0 Å². The Morgan fingerprint density at radius 1 is 1.57 bits per heavy atom. The van der Waals surface area contributed by atoms with Crippen molar-refractivity contribution in [2.24, 2.45) is 0 Å². The molecule has 3 N–H and O–H groups in total. The molecule has 0 aromatic carbocycles. The molecule has 0 amide bonds. The monoisotopic (exact) mass is 224 g/mol. The Labute approximate surface area is 81.4 Å². The third-order valence-electron chi connectivity index (χ3n) is 1.41. The molecule has 0 aliphatic carbocycles. The molecule has 0 aliphatic heterocycles. The summed E-state index contributed by atoms with van der Waals surface area (Å²) >= 11 is 0. The van der Waals surface area contributed by atoms with Crippen LogP contribution in [0.3, 0.4) is 0 Å². The number of carboxylic acid groups (broad SMARTS) is 1. The maximum atomic E-state index is 10.4. The Morgan fingerprint density at radius 2 is 2.07 bits per heavy atom. The largest absolute Gasteiger partial charge is 0.478 e. The summed E-state index contributed by atoms with van der Waals surface area (Å²) in [5.41, 5.74) is 0.117. The highest BCUT2D eigenvalue weighted by molar-refractivity contribution is 7.46. The molecule has 0 heterocycles. The first-order chi connectivity index (χ1) is 6.22. The third-order valence-corrected chi connectivity index (χ3v) is 2.05. The van der Waals surface area contributed by atoms with Crippen LogP contribution in [0.5, 0.6) is 0 Å². The molecular weight excluding hydrogens is 211 g/mol. The van der Waals surface area contributed by atoms with Crippen LogP contribution in [0, 0.1) is 0 Å². The highest BCUT2D eigenvalue weighted by Crippen LogP contribution is 2.38. The molecule has 0 spiro atoms. The predicted octanol–water partition coefficient (Wildman–Crippen LogP) is 0.905. The van der Waals surface area contributed by atoms with E-state index in [0.717, 1.165) is 0 Å². The molecule has 0 aliphatic rings. The van der Waals surface area contributed by atoms with Gasteiger partial charge in [-0.2, -0.15) is 0 Å². The highest BCUT2D eigenvalue weighted by atomic mass is 31.2. The van der Waals surface area contributed by atoms with Crippen LogP contribution in [0.1, 0.15) is 20.3 Å². The van der Waals surface area contributed by atoms with Crippen molar-refractivity contribution in [1.29, 1.82) is 0 Å². The first-order valence-corrected chi connectivity index (χ1v) is 5.39. The summed E-state index contributed by atoms with van der Waals surface area (Å²) in [5.74, 6) is -1.06. The summed E-state index contributed by atoms with van der Waals surface area (Å²) < 4.78 is 14.7. The van der Waals surface area contributed by atoms with E-state index in [9.17, 15) is 9.36 Å². The average Bonchev–Trinajstić information content (AvgIpc) is 1.96. The molecule has 0 saturated heterocycles. The Morgan fingerprint density at radius 3 is 2.43 bits per heavy atom. The second-order valence-corrected chi connectivity index (χ2v) is 4.03. The van der Waals surface area contributed by atoms with Crippen molar-refractivity contribution in [2.45, 2.75) is 26.4 Å². The van der Waals surface area contributed by atoms with Gasteiger partial charge in [-0.1, -0.05) is 6.08 Å². The normalized spacial score (nSPS) is 15.3. The number of rotatable bonds is 5. The van der Waals surface area contributed by atoms with Gasteiger partial charge in [0.05, 0.1) is 6.10 Å². The summed E-state index contributed by atoms with van der Waals surface area (Å²) in [4.78, 5) is 27.2. The van der Waals surface area contributed by atoms with Gasteiger partial charge in [-0.15, -0.1) is 0 Å². The van der Waals surface area contributed by atoms with Gasteiger partial charge in [0.25, 0.3) is 0 Å². The number of hydrogen-bond acceptors (Lipinski definition) is 3. The van der Waals surface area contributed by atoms with Gasteiger partial charge in [0.15, 0.2) is 0 Å². The van der Waals surface area contributed by atoms with Crippen LogP contribution in [0.4, 0.5) is 0 Å². The number of carboxylic acids is 1. The van der Waals surface area contributed by atoms with E-state index in [1.54, 1.807) is 0 Å². The van der Waals surface area contributed by atoms with Crippen molar-refractivity contribution in [3.8, 4) is 0 Å². The Hall–Kier alpha value is -0.680. The molecule has 0 aromatic heterocycles. The van der Waals surface area contributed by atoms with Crippen molar-refractivity contribution in [3.63, 3.8) is 0 Å². The number of aliphatic carboxylic acids is 1. The van der Waals surface area contributed by atoms with Crippen LogP contribution in [0.25, 0.3) is 0 Å². The van der Waals surface area contributed by atoms with Gasteiger partial charge >= 0.3 is 13.8 Å². The molecule has 0 bridgehead atoms. The van der Waals surface area contributed by atoms with Gasteiger partial charge in [-0.25, -0.2) is 9.36 Å². The van der Waals surface area contributed by atoms with Crippen LogP contribution in [0.2, 0.25) is 0 Å². The lowest BCUT2D eigenvalue weighted by Crippen LogP contribution is -2.06. The van der Waals surface area contributed by atoms with E-state index >= 15 is 0 Å². The Bertz CT molecular complexity index is 278. The number of phosphoric acid groups is 1. The van der Waals surface area contributed by atoms with E-state index in [1.807, 2.05) is 0 Å². The van der Waals surface area contributed by atoms with Crippen molar-refractivity contribution < 1.29 is 28.8 Å². The minimum atomic E-state index is -4.48. The summed E-state index contributed by atoms with van der Waals surface area (Å²) in [6.07, 6.45) is 0.774. The average molecular weight is 224 g/mol. The van der Waals surface area contributed by atoms with Crippen LogP contribution in [-0.4, -0.2) is 27.0 Å². The van der Waals surface area contributed by atoms with E-state index in [2.05, 4.69) is 4.52 Å². The zero-order valence-corrected chi connectivity index (χ0v) is 8.77. The molecular formula is C7H13O6P. The first kappa shape index (κ1) is 13.3. The molecule has 1 unspecified atom stereocenters. The Balaban J connectivity index is 4.09. The fraction of sp³-hybridized carbons (Fsp3) is 0.571. The lowest BCUT2D eigenvalue weighted by Gasteiger charge is -2.11. The molecule has 82 valence electrons. The molecule has 0 saturated carbocycles. The number of hydrogen-bond donors (Lipinski definition) is 3. The van der Waals surface area contributed by atoms with Crippen molar-refractivity contribution in [3.05, 3.63) is 11.6 Å². The minimum absolute atomic E-state index is 0.117. The van der Waals surface area contributed by atoms with Gasteiger partial charge in [0, 0.05) is 5.57 Å². The molecule has 0 fully saturated rings. The number of carbonyl (C=O) groups is 1. The van der Waals surface area contributed by atoms with E-state index in [1.165, 1.54) is 19.9 Å². The van der Waals surface area contributed by atoms with Crippen LogP contribution >= 0.6 is 7.82 Å². The minimum Gasteiger partial charge on any atom is -0.478 e. The zero-order valence-electron chi connectivity index (χ0n) is 7.88. The van der Waals surface area contributed by atoms with Crippen molar-refractivity contribution in [1.82, 2.24) is 0 Å². The van der Waals surface area contributed by atoms with E-state index in [0.29, 0.717) is 0 Å². The maximum absolute atomic E-state index is 10.4. The lowest BCUT2D eigenvalue weighted by atomic mass is 10.2. The second kappa shape index (κ2) is 5.26. The standard InChI is InChI=1S/C7H13O6P/c1-5(7(8)9)3-4-6(2)13-14(10,11)12/h3,6H,4H2,1-2H3,(H,8,9)(H2,10,11,12). The fourth-order valence-corrected chi connectivity index (χ4v) is 1.26. The molecule has 1 atom stereocenters. The quantitative estimate of drug-likeness (QED) is 0.473. The summed E-state index contributed by atoms with van der Waals surface area (Å²) in [6.45, 7) is 2.84. The van der Waals surface area contributed by atoms with Crippen LogP contribution in [-0.2, 0) is 13.9 Å². The maximum Gasteiger partial charge on any atom is 0.469 e. The molecule has 6 nitrogen and oxygen atoms in total. The van der Waals surface area contributed by atoms with E-state index < -0.39 is 19.9 Å². The lowest BCUT2D eigenvalue weighted by molar-refractivity contribution is -0.132. The SMILES string of the molecule is CC(=CCC(C)OP(=O)(O)O)C(=O)O. The number of phosphoric ester groups is 1. The molecule has 14 heavy (non-hydrogen) atoms. The van der Waals surface area contributed by atoms with E-state index in [-0.39, 0.29) is 12.0 Å². The molecule has 7 heteroatoms. The summed E-state index contributed by atoms with van der Waals surface area (Å²) in [5, 5.41) is 8.46. The summed E-state index contributed by atoms with van der Waals surface area (Å²) in [6, 6.07) is 0. The van der Waals surface area contributed by atoms with Gasteiger partial charge in [0.2, 0.25) is 0 Å². The molecule has 0 rings (SSSR count). The van der Waals surface area contributed by atoms with Gasteiger partial charge in [-0.05, 0) is 20.3 Å². The zero-order chi connectivity index (χ0) is 11.4. The fourth-order valence-electron chi connectivity index (χ4n) is 0.707. The second-order valence-electron chi connectivity index (χ2n) is 2.83. The summed E-state index contributed by atoms with van der Waals surface area (Å²) in [7, 11) is -4.48. The molecule has 0 radical (unpaired) electrons.